The van der Waals surface area contributed by atoms with Crippen molar-refractivity contribution in [3.05, 3.63) is 51.8 Å². The molecule has 96 valence electrons. The van der Waals surface area contributed by atoms with E-state index in [0.29, 0.717) is 11.4 Å². The van der Waals surface area contributed by atoms with Crippen molar-refractivity contribution < 1.29 is 0 Å². The van der Waals surface area contributed by atoms with E-state index in [0.717, 1.165) is 12.0 Å². The molecule has 4 nitrogen and oxygen atoms in total. The van der Waals surface area contributed by atoms with E-state index < -0.39 is 0 Å². The summed E-state index contributed by atoms with van der Waals surface area (Å²) in [5.74, 6) is 0.346. The third-order valence-electron chi connectivity index (χ3n) is 3.25. The van der Waals surface area contributed by atoms with Crippen molar-refractivity contribution in [2.45, 2.75) is 13.3 Å². The van der Waals surface area contributed by atoms with Gasteiger partial charge in [0.2, 0.25) is 0 Å². The summed E-state index contributed by atoms with van der Waals surface area (Å²) in [6.07, 6.45) is 0.948. The molecule has 1 aromatic heterocycles. The Morgan fingerprint density at radius 1 is 1.32 bits per heavy atom. The molecule has 0 atom stereocenters. The van der Waals surface area contributed by atoms with E-state index in [1.165, 1.54) is 10.1 Å². The molecule has 4 heteroatoms. The van der Waals surface area contributed by atoms with Crippen molar-refractivity contribution in [3.8, 4) is 17.2 Å². The van der Waals surface area contributed by atoms with E-state index in [1.807, 2.05) is 30.3 Å². The predicted octanol–water partition coefficient (Wildman–Crippen LogP) is 2.07. The Morgan fingerprint density at radius 2 is 1.95 bits per heavy atom. The lowest BCUT2D eigenvalue weighted by molar-refractivity contribution is 0.871. The Bertz CT molecular complexity index is 706. The highest BCUT2D eigenvalue weighted by atomic mass is 16.1. The van der Waals surface area contributed by atoms with E-state index in [4.69, 9.17) is 5.73 Å². The highest BCUT2D eigenvalue weighted by molar-refractivity contribution is 5.72. The fraction of sp³-hybridized carbons (Fsp3) is 0.200. The van der Waals surface area contributed by atoms with Crippen molar-refractivity contribution >= 4 is 5.82 Å². The van der Waals surface area contributed by atoms with Crippen LogP contribution in [0.25, 0.3) is 11.1 Å². The molecule has 0 unspecified atom stereocenters. The average Bonchev–Trinajstić information content (AvgIpc) is 2.44. The van der Waals surface area contributed by atoms with E-state index in [-0.39, 0.29) is 11.1 Å². The van der Waals surface area contributed by atoms with Gasteiger partial charge in [-0.2, -0.15) is 5.26 Å². The summed E-state index contributed by atoms with van der Waals surface area (Å²) in [5.41, 5.74) is 8.18. The summed E-state index contributed by atoms with van der Waals surface area (Å²) in [6, 6.07) is 11.4. The van der Waals surface area contributed by atoms with Crippen LogP contribution in [0, 0.1) is 11.3 Å². The first kappa shape index (κ1) is 12.9. The zero-order valence-electron chi connectivity index (χ0n) is 11.0. The normalized spacial score (nSPS) is 10.2. The van der Waals surface area contributed by atoms with Gasteiger partial charge in [-0.15, -0.1) is 0 Å². The minimum Gasteiger partial charge on any atom is -0.385 e. The quantitative estimate of drug-likeness (QED) is 0.890. The van der Waals surface area contributed by atoms with Gasteiger partial charge < -0.3 is 5.73 Å². The van der Waals surface area contributed by atoms with E-state index in [9.17, 15) is 10.1 Å². The second-order valence-electron chi connectivity index (χ2n) is 4.38. The van der Waals surface area contributed by atoms with Gasteiger partial charge in [0.05, 0.1) is 0 Å². The van der Waals surface area contributed by atoms with Crippen LogP contribution in [0.1, 0.15) is 18.1 Å². The van der Waals surface area contributed by atoms with Crippen LogP contribution < -0.4 is 11.3 Å². The molecule has 0 bridgehead atoms. The van der Waals surface area contributed by atoms with Crippen LogP contribution in [0.15, 0.2) is 35.1 Å². The molecule has 1 aromatic carbocycles. The Balaban J connectivity index is 2.68. The van der Waals surface area contributed by atoms with Crippen LogP contribution in [-0.4, -0.2) is 4.57 Å². The number of nitrogens with zero attached hydrogens (tertiary/aromatic N) is 2. The molecule has 1 heterocycles. The fourth-order valence-corrected chi connectivity index (χ4v) is 1.97. The van der Waals surface area contributed by atoms with Crippen molar-refractivity contribution in [2.24, 2.45) is 7.05 Å². The molecule has 0 aliphatic carbocycles. The Morgan fingerprint density at radius 3 is 2.47 bits per heavy atom. The van der Waals surface area contributed by atoms with E-state index in [2.05, 4.69) is 6.92 Å². The summed E-state index contributed by atoms with van der Waals surface area (Å²) in [6.45, 7) is 2.08. The van der Waals surface area contributed by atoms with Gasteiger partial charge in [0.15, 0.2) is 0 Å². The molecule has 0 fully saturated rings. The maximum atomic E-state index is 12.0. The second kappa shape index (κ2) is 4.99. The number of nitrogens with two attached hydrogens (primary N) is 1. The number of aromatic nitrogens is 1. The summed E-state index contributed by atoms with van der Waals surface area (Å²) >= 11 is 0. The lowest BCUT2D eigenvalue weighted by Gasteiger charge is -2.09. The minimum absolute atomic E-state index is 0.126. The molecule has 0 spiro atoms. The molecule has 0 aliphatic rings. The Labute approximate surface area is 111 Å². The van der Waals surface area contributed by atoms with Crippen molar-refractivity contribution in [3.63, 3.8) is 0 Å². The van der Waals surface area contributed by atoms with Gasteiger partial charge in [0.25, 0.3) is 5.56 Å². The van der Waals surface area contributed by atoms with Crippen LogP contribution in [0.3, 0.4) is 0 Å². The third-order valence-corrected chi connectivity index (χ3v) is 3.25. The molecule has 2 N–H and O–H groups in total. The van der Waals surface area contributed by atoms with Gasteiger partial charge in [0, 0.05) is 12.6 Å². The predicted molar refractivity (Wildman–Crippen MR) is 75.6 cm³/mol. The van der Waals surface area contributed by atoms with Gasteiger partial charge in [-0.1, -0.05) is 31.2 Å². The number of nitrogen functional groups attached to an aromatic ring is 1. The summed E-state index contributed by atoms with van der Waals surface area (Å²) in [7, 11) is 1.56. The number of aryl methyl sites for hydroxylation is 1. The smallest absolute Gasteiger partial charge is 0.270 e. The molecule has 0 amide bonds. The monoisotopic (exact) mass is 253 g/mol. The SMILES string of the molecule is CCc1ccc(-c2cc(N)n(C)c(=O)c2C#N)cc1. The molecule has 0 aliphatic heterocycles. The molecular formula is C15H15N3O. The standard InChI is InChI=1S/C15H15N3O/c1-3-10-4-6-11(7-5-10)12-8-14(17)18(2)15(19)13(12)9-16/h4-8H,3,17H2,1-2H3. The topological polar surface area (TPSA) is 71.8 Å². The van der Waals surface area contributed by atoms with E-state index in [1.54, 1.807) is 13.1 Å². The molecule has 0 radical (unpaired) electrons. The molecule has 0 saturated heterocycles. The van der Waals surface area contributed by atoms with Gasteiger partial charge in [-0.05, 0) is 23.6 Å². The number of benzene rings is 1. The highest BCUT2D eigenvalue weighted by Crippen LogP contribution is 2.23. The van der Waals surface area contributed by atoms with Crippen molar-refractivity contribution in [1.29, 1.82) is 5.26 Å². The van der Waals surface area contributed by atoms with Crippen LogP contribution >= 0.6 is 0 Å². The number of nitriles is 1. The molecule has 19 heavy (non-hydrogen) atoms. The molecule has 2 rings (SSSR count). The Hall–Kier alpha value is -2.54. The fourth-order valence-electron chi connectivity index (χ4n) is 1.97. The first-order valence-corrected chi connectivity index (χ1v) is 6.07. The highest BCUT2D eigenvalue weighted by Gasteiger charge is 2.12. The number of hydrogen-bond donors (Lipinski definition) is 1. The maximum Gasteiger partial charge on any atom is 0.270 e. The zero-order chi connectivity index (χ0) is 14.0. The summed E-state index contributed by atoms with van der Waals surface area (Å²) in [5, 5.41) is 9.17. The minimum atomic E-state index is -0.364. The first-order valence-electron chi connectivity index (χ1n) is 6.07. The number of pyridine rings is 1. The molecular weight excluding hydrogens is 238 g/mol. The maximum absolute atomic E-state index is 12.0. The average molecular weight is 253 g/mol. The number of anilines is 1. The number of hydrogen-bond acceptors (Lipinski definition) is 3. The third kappa shape index (κ3) is 2.23. The van der Waals surface area contributed by atoms with E-state index >= 15 is 0 Å². The van der Waals surface area contributed by atoms with Crippen LogP contribution in [0.4, 0.5) is 5.82 Å². The lowest BCUT2D eigenvalue weighted by Crippen LogP contribution is -2.23. The van der Waals surface area contributed by atoms with Gasteiger partial charge >= 0.3 is 0 Å². The number of rotatable bonds is 2. The van der Waals surface area contributed by atoms with Crippen molar-refractivity contribution in [2.75, 3.05) is 5.73 Å². The van der Waals surface area contributed by atoms with Gasteiger partial charge in [-0.3, -0.25) is 9.36 Å². The first-order chi connectivity index (χ1) is 9.08. The van der Waals surface area contributed by atoms with Gasteiger partial charge in [-0.25, -0.2) is 0 Å². The summed E-state index contributed by atoms with van der Waals surface area (Å²) in [4.78, 5) is 12.0. The molecule has 0 saturated carbocycles. The van der Waals surface area contributed by atoms with Crippen LogP contribution in [0.5, 0.6) is 0 Å². The van der Waals surface area contributed by atoms with Crippen LogP contribution in [-0.2, 0) is 13.5 Å². The van der Waals surface area contributed by atoms with Crippen LogP contribution in [0.2, 0.25) is 0 Å². The largest absolute Gasteiger partial charge is 0.385 e. The van der Waals surface area contributed by atoms with Gasteiger partial charge in [0.1, 0.15) is 17.5 Å². The van der Waals surface area contributed by atoms with Crippen molar-refractivity contribution in [1.82, 2.24) is 4.57 Å². The zero-order valence-corrected chi connectivity index (χ0v) is 11.0. The lowest BCUT2D eigenvalue weighted by atomic mass is 10.00. The molecule has 2 aromatic rings. The second-order valence-corrected chi connectivity index (χ2v) is 4.38. The summed E-state index contributed by atoms with van der Waals surface area (Å²) < 4.78 is 1.28. The Kier molecular flexibility index (Phi) is 3.39.